The number of amides is 1. The van der Waals surface area contributed by atoms with E-state index in [0.29, 0.717) is 4.88 Å². The largest absolute Gasteiger partial charge is 0.337 e. The summed E-state index contributed by atoms with van der Waals surface area (Å²) >= 11 is 1.44. The van der Waals surface area contributed by atoms with Gasteiger partial charge < -0.3 is 10.2 Å². The number of pyridine rings is 1. The van der Waals surface area contributed by atoms with Gasteiger partial charge in [-0.1, -0.05) is 0 Å². The Morgan fingerprint density at radius 3 is 2.73 bits per heavy atom. The first kappa shape index (κ1) is 18.8. The van der Waals surface area contributed by atoms with E-state index in [4.69, 9.17) is 0 Å². The lowest BCUT2D eigenvalue weighted by atomic mass is 10.3. The number of hydrogen-bond acceptors (Lipinski definition) is 5. The number of nitrogens with one attached hydrogen (secondary N) is 1. The minimum absolute atomic E-state index is 0. The highest BCUT2D eigenvalue weighted by molar-refractivity contribution is 7.16. The number of halogens is 2. The molecule has 0 saturated carbocycles. The molecule has 22 heavy (non-hydrogen) atoms. The molecule has 5 nitrogen and oxygen atoms in total. The molecule has 0 spiro atoms. The number of rotatable bonds is 2. The van der Waals surface area contributed by atoms with Gasteiger partial charge in [0.1, 0.15) is 9.88 Å². The van der Waals surface area contributed by atoms with Gasteiger partial charge in [-0.2, -0.15) is 0 Å². The lowest BCUT2D eigenvalue weighted by Gasteiger charge is -2.18. The number of hydrogen-bond donors (Lipinski definition) is 1. The third-order valence-corrected chi connectivity index (χ3v) is 4.31. The topological polar surface area (TPSA) is 58.1 Å². The number of aromatic nitrogens is 2. The monoisotopic (exact) mass is 360 g/mol. The molecule has 1 saturated heterocycles. The zero-order valence-corrected chi connectivity index (χ0v) is 14.3. The van der Waals surface area contributed by atoms with Crippen LogP contribution in [0.15, 0.2) is 30.7 Å². The van der Waals surface area contributed by atoms with Crippen LogP contribution < -0.4 is 5.32 Å². The molecule has 0 aromatic carbocycles. The summed E-state index contributed by atoms with van der Waals surface area (Å²) in [5, 5.41) is 4.17. The molecule has 0 radical (unpaired) electrons. The lowest BCUT2D eigenvalue weighted by Crippen LogP contribution is -2.33. The number of nitrogens with zero attached hydrogens (tertiary/aromatic N) is 3. The van der Waals surface area contributed by atoms with Crippen LogP contribution in [-0.2, 0) is 0 Å². The van der Waals surface area contributed by atoms with Crippen LogP contribution in [0.1, 0.15) is 16.1 Å². The predicted molar refractivity (Wildman–Crippen MR) is 93.2 cm³/mol. The summed E-state index contributed by atoms with van der Waals surface area (Å²) in [4.78, 5) is 23.4. The van der Waals surface area contributed by atoms with Crippen LogP contribution in [0, 0.1) is 0 Å². The van der Waals surface area contributed by atoms with Crippen molar-refractivity contribution in [1.82, 2.24) is 20.2 Å². The zero-order chi connectivity index (χ0) is 13.8. The lowest BCUT2D eigenvalue weighted by molar-refractivity contribution is 0.0771. The number of carbonyl (C=O) groups excluding carboxylic acids is 1. The van der Waals surface area contributed by atoms with Gasteiger partial charge in [0, 0.05) is 37.6 Å². The second kappa shape index (κ2) is 9.05. The van der Waals surface area contributed by atoms with Crippen LogP contribution in [0.3, 0.4) is 0 Å². The molecule has 0 atom stereocenters. The fourth-order valence-electron chi connectivity index (χ4n) is 2.21. The fourth-order valence-corrected chi connectivity index (χ4v) is 3.10. The molecular formula is C14H18Cl2N4OS. The van der Waals surface area contributed by atoms with Crippen molar-refractivity contribution in [3.8, 4) is 10.6 Å². The van der Waals surface area contributed by atoms with E-state index in [0.717, 1.165) is 43.2 Å². The second-order valence-corrected chi connectivity index (χ2v) is 5.69. The van der Waals surface area contributed by atoms with Crippen molar-refractivity contribution in [2.24, 2.45) is 0 Å². The van der Waals surface area contributed by atoms with Crippen molar-refractivity contribution in [1.29, 1.82) is 0 Å². The van der Waals surface area contributed by atoms with E-state index < -0.39 is 0 Å². The van der Waals surface area contributed by atoms with Crippen molar-refractivity contribution in [2.45, 2.75) is 6.42 Å². The zero-order valence-electron chi connectivity index (χ0n) is 11.9. The van der Waals surface area contributed by atoms with Crippen LogP contribution in [-0.4, -0.2) is 47.0 Å². The standard InChI is InChI=1S/C14H16N4OS.2ClH/c19-14(18-8-1-4-15-7-9-18)12-10-17-13(20-12)11-2-5-16-6-3-11;;/h2-3,5-6,10,15H,1,4,7-9H2;2*1H. The van der Waals surface area contributed by atoms with Gasteiger partial charge in [-0.25, -0.2) is 4.98 Å². The molecular weight excluding hydrogens is 343 g/mol. The van der Waals surface area contributed by atoms with Crippen molar-refractivity contribution < 1.29 is 4.79 Å². The minimum Gasteiger partial charge on any atom is -0.337 e. The van der Waals surface area contributed by atoms with Gasteiger partial charge in [0.15, 0.2) is 0 Å². The Labute approximate surface area is 146 Å². The van der Waals surface area contributed by atoms with E-state index in [-0.39, 0.29) is 30.7 Å². The molecule has 1 aliphatic rings. The van der Waals surface area contributed by atoms with E-state index in [1.165, 1.54) is 11.3 Å². The maximum absolute atomic E-state index is 12.5. The van der Waals surface area contributed by atoms with Crippen molar-refractivity contribution in [3.63, 3.8) is 0 Å². The Morgan fingerprint density at radius 1 is 1.18 bits per heavy atom. The van der Waals surface area contributed by atoms with Crippen LogP contribution in [0.4, 0.5) is 0 Å². The molecule has 1 amide bonds. The second-order valence-electron chi connectivity index (χ2n) is 4.66. The molecule has 0 bridgehead atoms. The molecule has 2 aromatic rings. The minimum atomic E-state index is 0. The summed E-state index contributed by atoms with van der Waals surface area (Å²) in [6.45, 7) is 3.42. The van der Waals surface area contributed by atoms with E-state index in [2.05, 4.69) is 15.3 Å². The average Bonchev–Trinajstić information content (AvgIpc) is 2.83. The highest BCUT2D eigenvalue weighted by atomic mass is 35.5. The normalized spacial score (nSPS) is 14.5. The molecule has 3 rings (SSSR count). The predicted octanol–water partition coefficient (Wildman–Crippen LogP) is 2.48. The molecule has 0 unspecified atom stereocenters. The molecule has 120 valence electrons. The van der Waals surface area contributed by atoms with E-state index in [1.54, 1.807) is 18.6 Å². The Balaban J connectivity index is 0.00000121. The first-order valence-corrected chi connectivity index (χ1v) is 7.52. The number of thiazole rings is 1. The third-order valence-electron chi connectivity index (χ3n) is 3.27. The van der Waals surface area contributed by atoms with Crippen LogP contribution in [0.25, 0.3) is 10.6 Å². The summed E-state index contributed by atoms with van der Waals surface area (Å²) in [6, 6.07) is 3.81. The summed E-state index contributed by atoms with van der Waals surface area (Å²) < 4.78 is 0. The van der Waals surface area contributed by atoms with Crippen LogP contribution >= 0.6 is 36.2 Å². The Hall–Kier alpha value is -1.21. The Bertz CT molecular complexity index is 586. The molecule has 2 aromatic heterocycles. The molecule has 1 N–H and O–H groups in total. The van der Waals surface area contributed by atoms with Gasteiger partial charge in [0.05, 0.1) is 6.20 Å². The van der Waals surface area contributed by atoms with Crippen LogP contribution in [0.5, 0.6) is 0 Å². The molecule has 3 heterocycles. The van der Waals surface area contributed by atoms with E-state index in [1.807, 2.05) is 17.0 Å². The molecule has 8 heteroatoms. The van der Waals surface area contributed by atoms with Gasteiger partial charge in [-0.15, -0.1) is 36.2 Å². The van der Waals surface area contributed by atoms with Crippen molar-refractivity contribution in [3.05, 3.63) is 35.6 Å². The molecule has 1 fully saturated rings. The van der Waals surface area contributed by atoms with Gasteiger partial charge in [0.2, 0.25) is 0 Å². The van der Waals surface area contributed by atoms with Gasteiger partial charge in [0.25, 0.3) is 5.91 Å². The Kier molecular flexibility index (Phi) is 7.75. The maximum atomic E-state index is 12.5. The Morgan fingerprint density at radius 2 is 1.95 bits per heavy atom. The fraction of sp³-hybridized carbons (Fsp3) is 0.357. The summed E-state index contributed by atoms with van der Waals surface area (Å²) in [5.74, 6) is 0.0894. The quantitative estimate of drug-likeness (QED) is 0.893. The van der Waals surface area contributed by atoms with Gasteiger partial charge in [-0.05, 0) is 25.1 Å². The summed E-state index contributed by atoms with van der Waals surface area (Å²) in [7, 11) is 0. The van der Waals surface area contributed by atoms with Crippen LogP contribution in [0.2, 0.25) is 0 Å². The summed E-state index contributed by atoms with van der Waals surface area (Å²) in [6.07, 6.45) is 6.15. The van der Waals surface area contributed by atoms with Crippen molar-refractivity contribution in [2.75, 3.05) is 26.2 Å². The highest BCUT2D eigenvalue weighted by Crippen LogP contribution is 2.25. The smallest absolute Gasteiger partial charge is 0.265 e. The highest BCUT2D eigenvalue weighted by Gasteiger charge is 2.19. The first-order chi connectivity index (χ1) is 9.84. The van der Waals surface area contributed by atoms with Crippen molar-refractivity contribution >= 4 is 42.1 Å². The first-order valence-electron chi connectivity index (χ1n) is 6.71. The van der Waals surface area contributed by atoms with Gasteiger partial charge in [-0.3, -0.25) is 9.78 Å². The maximum Gasteiger partial charge on any atom is 0.265 e. The average molecular weight is 361 g/mol. The third kappa shape index (κ3) is 4.39. The number of carbonyl (C=O) groups is 1. The molecule has 0 aliphatic carbocycles. The van der Waals surface area contributed by atoms with E-state index in [9.17, 15) is 4.79 Å². The summed E-state index contributed by atoms with van der Waals surface area (Å²) in [5.41, 5.74) is 1.00. The molecule has 1 aliphatic heterocycles. The van der Waals surface area contributed by atoms with E-state index >= 15 is 0 Å². The SMILES string of the molecule is Cl.Cl.O=C(c1cnc(-c2ccncc2)s1)N1CCCNCC1. The van der Waals surface area contributed by atoms with Gasteiger partial charge >= 0.3 is 0 Å².